The van der Waals surface area contributed by atoms with Crippen LogP contribution in [0.15, 0.2) is 23.1 Å². The molecule has 1 aromatic carbocycles. The first-order chi connectivity index (χ1) is 9.92. The fraction of sp³-hybridized carbons (Fsp3) is 0.571. The van der Waals surface area contributed by atoms with E-state index in [-0.39, 0.29) is 12.6 Å². The average molecular weight is 313 g/mol. The van der Waals surface area contributed by atoms with E-state index in [1.54, 1.807) is 25.1 Å². The van der Waals surface area contributed by atoms with Crippen molar-refractivity contribution in [1.29, 1.82) is 0 Å². The molecule has 3 N–H and O–H groups in total. The summed E-state index contributed by atoms with van der Waals surface area (Å²) < 4.78 is 32.9. The van der Waals surface area contributed by atoms with E-state index in [1.165, 1.54) is 0 Å². The van der Waals surface area contributed by atoms with Crippen molar-refractivity contribution in [3.63, 3.8) is 0 Å². The van der Waals surface area contributed by atoms with Gasteiger partial charge in [-0.1, -0.05) is 12.1 Å². The Balaban J connectivity index is 2.04. The van der Waals surface area contributed by atoms with Gasteiger partial charge in [-0.25, -0.2) is 13.1 Å². The largest absolute Gasteiger partial charge is 0.374 e. The predicted molar refractivity (Wildman–Crippen MR) is 81.5 cm³/mol. The molecule has 118 valence electrons. The van der Waals surface area contributed by atoms with Gasteiger partial charge < -0.3 is 15.4 Å². The molecule has 1 saturated heterocycles. The Morgan fingerprint density at radius 1 is 1.48 bits per heavy atom. The Morgan fingerprint density at radius 3 is 2.86 bits per heavy atom. The third kappa shape index (κ3) is 4.24. The second-order valence-corrected chi connectivity index (χ2v) is 7.15. The molecule has 0 bridgehead atoms. The number of aryl methyl sites for hydroxylation is 1. The number of likely N-dealkylation sites (N-methyl/N-ethyl adjacent to an activating group) is 1. The lowest BCUT2D eigenvalue weighted by Gasteiger charge is -2.30. The van der Waals surface area contributed by atoms with Crippen LogP contribution in [-0.2, 0) is 21.3 Å². The van der Waals surface area contributed by atoms with Gasteiger partial charge in [0.1, 0.15) is 0 Å². The first kappa shape index (κ1) is 16.4. The second-order valence-electron chi connectivity index (χ2n) is 5.41. The monoisotopic (exact) mass is 313 g/mol. The van der Waals surface area contributed by atoms with Crippen LogP contribution in [0.2, 0.25) is 0 Å². The first-order valence-corrected chi connectivity index (χ1v) is 8.50. The SMILES string of the molecule is Cc1cc(CN)ccc1S(=O)(=O)NCC1CN(C)CCO1. The number of sulfonamides is 1. The molecule has 0 aromatic heterocycles. The van der Waals surface area contributed by atoms with Crippen LogP contribution in [0.3, 0.4) is 0 Å². The van der Waals surface area contributed by atoms with Gasteiger partial charge in [0.05, 0.1) is 17.6 Å². The second kappa shape index (κ2) is 6.85. The Labute approximate surface area is 126 Å². The van der Waals surface area contributed by atoms with Crippen LogP contribution >= 0.6 is 0 Å². The van der Waals surface area contributed by atoms with Gasteiger partial charge >= 0.3 is 0 Å². The highest BCUT2D eigenvalue weighted by Gasteiger charge is 2.22. The molecule has 1 atom stereocenters. The lowest BCUT2D eigenvalue weighted by Crippen LogP contribution is -2.45. The highest BCUT2D eigenvalue weighted by atomic mass is 32.2. The van der Waals surface area contributed by atoms with Crippen LogP contribution in [0, 0.1) is 6.92 Å². The lowest BCUT2D eigenvalue weighted by molar-refractivity contribution is -0.0156. The number of nitrogens with two attached hydrogens (primary N) is 1. The van der Waals surface area contributed by atoms with E-state index >= 15 is 0 Å². The van der Waals surface area contributed by atoms with Crippen molar-refractivity contribution in [2.75, 3.05) is 33.3 Å². The maximum Gasteiger partial charge on any atom is 0.240 e. The molecule has 1 heterocycles. The first-order valence-electron chi connectivity index (χ1n) is 7.02. The zero-order valence-electron chi connectivity index (χ0n) is 12.5. The van der Waals surface area contributed by atoms with Crippen LogP contribution in [0.25, 0.3) is 0 Å². The summed E-state index contributed by atoms with van der Waals surface area (Å²) in [7, 11) is -1.52. The molecule has 7 heteroatoms. The maximum atomic E-state index is 12.4. The van der Waals surface area contributed by atoms with Gasteiger partial charge in [-0.15, -0.1) is 0 Å². The number of ether oxygens (including phenoxy) is 1. The molecule has 1 aliphatic rings. The fourth-order valence-corrected chi connectivity index (χ4v) is 3.70. The highest BCUT2D eigenvalue weighted by Crippen LogP contribution is 2.16. The van der Waals surface area contributed by atoms with Gasteiger partial charge in [0.2, 0.25) is 10.0 Å². The summed E-state index contributed by atoms with van der Waals surface area (Å²) in [6.07, 6.45) is -0.109. The van der Waals surface area contributed by atoms with Gasteiger partial charge in [-0.3, -0.25) is 0 Å². The molecule has 0 amide bonds. The fourth-order valence-electron chi connectivity index (χ4n) is 2.41. The number of benzene rings is 1. The van der Waals surface area contributed by atoms with E-state index in [2.05, 4.69) is 9.62 Å². The molecule has 1 aromatic rings. The van der Waals surface area contributed by atoms with Crippen molar-refractivity contribution in [1.82, 2.24) is 9.62 Å². The molecule has 0 spiro atoms. The minimum Gasteiger partial charge on any atom is -0.374 e. The molecular weight excluding hydrogens is 290 g/mol. The zero-order chi connectivity index (χ0) is 15.5. The molecule has 0 radical (unpaired) electrons. The van der Waals surface area contributed by atoms with Crippen molar-refractivity contribution in [3.8, 4) is 0 Å². The normalized spacial score (nSPS) is 20.6. The smallest absolute Gasteiger partial charge is 0.240 e. The van der Waals surface area contributed by atoms with Crippen molar-refractivity contribution in [3.05, 3.63) is 29.3 Å². The van der Waals surface area contributed by atoms with Gasteiger partial charge in [0, 0.05) is 26.2 Å². The van der Waals surface area contributed by atoms with Crippen molar-refractivity contribution < 1.29 is 13.2 Å². The van der Waals surface area contributed by atoms with E-state index in [0.29, 0.717) is 23.6 Å². The number of hydrogen-bond acceptors (Lipinski definition) is 5. The Bertz CT molecular complexity index is 589. The standard InChI is InChI=1S/C14H23N3O3S/c1-11-7-12(8-15)3-4-14(11)21(18,19)16-9-13-10-17(2)5-6-20-13/h3-4,7,13,16H,5-6,8-10,15H2,1-2H3. The third-order valence-corrected chi connectivity index (χ3v) is 5.19. The molecule has 1 aliphatic heterocycles. The van der Waals surface area contributed by atoms with Crippen LogP contribution in [-0.4, -0.2) is 52.7 Å². The topological polar surface area (TPSA) is 84.7 Å². The van der Waals surface area contributed by atoms with Crippen LogP contribution < -0.4 is 10.5 Å². The molecule has 1 fully saturated rings. The van der Waals surface area contributed by atoms with Crippen LogP contribution in [0.5, 0.6) is 0 Å². The number of rotatable bonds is 5. The van der Waals surface area contributed by atoms with Crippen molar-refractivity contribution >= 4 is 10.0 Å². The van der Waals surface area contributed by atoms with Gasteiger partial charge in [0.15, 0.2) is 0 Å². The maximum absolute atomic E-state index is 12.4. The van der Waals surface area contributed by atoms with Crippen molar-refractivity contribution in [2.45, 2.75) is 24.5 Å². The molecule has 0 saturated carbocycles. The quantitative estimate of drug-likeness (QED) is 0.803. The Hall–Kier alpha value is -0.990. The van der Waals surface area contributed by atoms with E-state index in [0.717, 1.165) is 18.7 Å². The lowest BCUT2D eigenvalue weighted by atomic mass is 10.1. The average Bonchev–Trinajstić information content (AvgIpc) is 2.45. The van der Waals surface area contributed by atoms with E-state index in [4.69, 9.17) is 10.5 Å². The van der Waals surface area contributed by atoms with Gasteiger partial charge in [-0.05, 0) is 31.2 Å². The molecule has 2 rings (SSSR count). The zero-order valence-corrected chi connectivity index (χ0v) is 13.3. The van der Waals surface area contributed by atoms with Gasteiger partial charge in [-0.2, -0.15) is 0 Å². The highest BCUT2D eigenvalue weighted by molar-refractivity contribution is 7.89. The number of hydrogen-bond donors (Lipinski definition) is 2. The minimum absolute atomic E-state index is 0.109. The summed E-state index contributed by atoms with van der Waals surface area (Å²) in [4.78, 5) is 2.42. The molecule has 6 nitrogen and oxygen atoms in total. The van der Waals surface area contributed by atoms with Crippen LogP contribution in [0.4, 0.5) is 0 Å². The minimum atomic E-state index is -3.52. The number of nitrogens with one attached hydrogen (secondary N) is 1. The van der Waals surface area contributed by atoms with Crippen molar-refractivity contribution in [2.24, 2.45) is 5.73 Å². The Kier molecular flexibility index (Phi) is 5.34. The molecular formula is C14H23N3O3S. The predicted octanol–water partition coefficient (Wildman–Crippen LogP) is 0.0626. The molecule has 1 unspecified atom stereocenters. The van der Waals surface area contributed by atoms with E-state index in [9.17, 15) is 8.42 Å². The summed E-state index contributed by atoms with van der Waals surface area (Å²) in [6.45, 7) is 4.70. The number of nitrogens with zero attached hydrogens (tertiary/aromatic N) is 1. The summed E-state index contributed by atoms with van der Waals surface area (Å²) in [5.74, 6) is 0. The summed E-state index contributed by atoms with van der Waals surface area (Å²) in [5.41, 5.74) is 7.18. The summed E-state index contributed by atoms with van der Waals surface area (Å²) in [6, 6.07) is 5.15. The van der Waals surface area contributed by atoms with E-state index in [1.807, 2.05) is 7.05 Å². The summed E-state index contributed by atoms with van der Waals surface area (Å²) >= 11 is 0. The Morgan fingerprint density at radius 2 is 2.24 bits per heavy atom. The number of morpholine rings is 1. The summed E-state index contributed by atoms with van der Waals surface area (Å²) in [5, 5.41) is 0. The van der Waals surface area contributed by atoms with Crippen LogP contribution in [0.1, 0.15) is 11.1 Å². The van der Waals surface area contributed by atoms with E-state index < -0.39 is 10.0 Å². The molecule has 21 heavy (non-hydrogen) atoms. The molecule has 0 aliphatic carbocycles. The van der Waals surface area contributed by atoms with Gasteiger partial charge in [0.25, 0.3) is 0 Å². The third-order valence-electron chi connectivity index (χ3n) is 3.61.